The topological polar surface area (TPSA) is 21.7 Å². The highest BCUT2D eigenvalue weighted by molar-refractivity contribution is 5.93. The molecule has 0 fully saturated rings. The highest BCUT2D eigenvalue weighted by Gasteiger charge is 2.48. The number of hydrogen-bond acceptors (Lipinski definition) is 3. The van der Waals surface area contributed by atoms with Gasteiger partial charge in [0.15, 0.2) is 11.5 Å². The molecular weight excluding hydrogens is 803 g/mol. The van der Waals surface area contributed by atoms with Crippen LogP contribution in [0.1, 0.15) is 44.5 Å². The second-order valence-corrected chi connectivity index (χ2v) is 17.5. The molecule has 3 heteroatoms. The van der Waals surface area contributed by atoms with Gasteiger partial charge in [-0.05, 0) is 126 Å². The molecule has 3 nitrogen and oxygen atoms in total. The van der Waals surface area contributed by atoms with E-state index in [-0.39, 0.29) is 6.79 Å². The first-order chi connectivity index (χ1) is 32.7. The first-order valence-corrected chi connectivity index (χ1v) is 22.7. The minimum atomic E-state index is -0.540. The average molecular weight is 846 g/mol. The maximum atomic E-state index is 5.78. The maximum Gasteiger partial charge on any atom is 0.231 e. The van der Waals surface area contributed by atoms with Gasteiger partial charge in [0.25, 0.3) is 0 Å². The van der Waals surface area contributed by atoms with Crippen molar-refractivity contribution < 1.29 is 9.47 Å². The third kappa shape index (κ3) is 5.56. The van der Waals surface area contributed by atoms with Crippen LogP contribution in [0.25, 0.3) is 33.4 Å². The van der Waals surface area contributed by atoms with Crippen LogP contribution in [0.4, 0.5) is 17.1 Å². The third-order valence-corrected chi connectivity index (χ3v) is 14.2. The van der Waals surface area contributed by atoms with Crippen molar-refractivity contribution in [2.75, 3.05) is 11.7 Å². The van der Waals surface area contributed by atoms with E-state index in [1.165, 1.54) is 66.8 Å². The van der Waals surface area contributed by atoms with Gasteiger partial charge in [0, 0.05) is 17.1 Å². The predicted octanol–water partition coefficient (Wildman–Crippen LogP) is 15.3. The molecule has 1 aliphatic heterocycles. The van der Waals surface area contributed by atoms with Crippen molar-refractivity contribution in [1.82, 2.24) is 0 Å². The Morgan fingerprint density at radius 2 is 0.712 bits per heavy atom. The molecular formula is C63H43NO2. The molecule has 0 aromatic heterocycles. The van der Waals surface area contributed by atoms with Gasteiger partial charge in [-0.25, -0.2) is 0 Å². The number of anilines is 3. The lowest BCUT2D eigenvalue weighted by Crippen LogP contribution is -2.28. The minimum Gasteiger partial charge on any atom is -0.454 e. The molecule has 0 unspecified atom stereocenters. The fourth-order valence-electron chi connectivity index (χ4n) is 11.5. The lowest BCUT2D eigenvalue weighted by atomic mass is 9.67. The molecule has 0 saturated heterocycles. The average Bonchev–Trinajstić information content (AvgIpc) is 4.08. The van der Waals surface area contributed by atoms with Crippen LogP contribution >= 0.6 is 0 Å². The summed E-state index contributed by atoms with van der Waals surface area (Å²) in [6.45, 7) is 0.247. The van der Waals surface area contributed by atoms with Gasteiger partial charge in [-0.1, -0.05) is 200 Å². The summed E-state index contributed by atoms with van der Waals surface area (Å²) < 4.78 is 11.4. The van der Waals surface area contributed by atoms with Gasteiger partial charge in [-0.15, -0.1) is 0 Å². The molecule has 13 rings (SSSR count). The van der Waals surface area contributed by atoms with Crippen LogP contribution < -0.4 is 14.4 Å². The Morgan fingerprint density at radius 3 is 1.30 bits per heavy atom. The molecule has 2 aliphatic carbocycles. The second-order valence-electron chi connectivity index (χ2n) is 17.5. The first kappa shape index (κ1) is 38.1. The van der Waals surface area contributed by atoms with Crippen molar-refractivity contribution in [2.45, 2.75) is 10.8 Å². The largest absolute Gasteiger partial charge is 0.454 e. The van der Waals surface area contributed by atoms with Gasteiger partial charge in [-0.3, -0.25) is 0 Å². The third-order valence-electron chi connectivity index (χ3n) is 14.2. The summed E-state index contributed by atoms with van der Waals surface area (Å²) in [5, 5.41) is 0. The van der Waals surface area contributed by atoms with E-state index in [0.717, 1.165) is 39.7 Å². The van der Waals surface area contributed by atoms with Crippen LogP contribution in [0.15, 0.2) is 249 Å². The first-order valence-electron chi connectivity index (χ1n) is 22.7. The van der Waals surface area contributed by atoms with Crippen molar-refractivity contribution >= 4 is 17.1 Å². The monoisotopic (exact) mass is 845 g/mol. The van der Waals surface area contributed by atoms with E-state index in [9.17, 15) is 0 Å². The van der Waals surface area contributed by atoms with Gasteiger partial charge in [0.1, 0.15) is 0 Å². The van der Waals surface area contributed by atoms with Gasteiger partial charge in [-0.2, -0.15) is 0 Å². The minimum absolute atomic E-state index is 0.247. The van der Waals surface area contributed by atoms with E-state index in [0.29, 0.717) is 0 Å². The molecule has 0 N–H and O–H groups in total. The molecule has 3 aliphatic rings. The zero-order valence-corrected chi connectivity index (χ0v) is 36.1. The summed E-state index contributed by atoms with van der Waals surface area (Å²) in [4.78, 5) is 2.45. The summed E-state index contributed by atoms with van der Waals surface area (Å²) in [6, 6.07) is 91.5. The Labute approximate surface area is 385 Å². The van der Waals surface area contributed by atoms with Crippen LogP contribution in [0.3, 0.4) is 0 Å². The number of benzene rings is 10. The summed E-state index contributed by atoms with van der Waals surface area (Å²) in [5.41, 5.74) is 19.5. The summed E-state index contributed by atoms with van der Waals surface area (Å²) >= 11 is 0. The van der Waals surface area contributed by atoms with Crippen LogP contribution in [-0.2, 0) is 10.8 Å². The lowest BCUT2D eigenvalue weighted by molar-refractivity contribution is 0.174. The van der Waals surface area contributed by atoms with Crippen molar-refractivity contribution in [2.24, 2.45) is 0 Å². The number of rotatable bonds is 8. The second kappa shape index (κ2) is 15.1. The van der Waals surface area contributed by atoms with E-state index in [2.05, 4.69) is 248 Å². The quantitative estimate of drug-likeness (QED) is 0.152. The van der Waals surface area contributed by atoms with Crippen molar-refractivity contribution in [3.8, 4) is 44.9 Å². The van der Waals surface area contributed by atoms with Crippen molar-refractivity contribution in [3.05, 3.63) is 293 Å². The maximum absolute atomic E-state index is 5.78. The molecule has 1 heterocycles. The fraction of sp³-hybridized carbons (Fsp3) is 0.0476. The van der Waals surface area contributed by atoms with Crippen LogP contribution in [0.5, 0.6) is 11.5 Å². The molecule has 0 radical (unpaired) electrons. The number of nitrogens with zero attached hydrogens (tertiary/aromatic N) is 1. The zero-order chi connectivity index (χ0) is 43.7. The SMILES string of the molecule is c1ccc(C2(c3ccccc3)c3ccccc3-c3cc(N(c4ccc(-c5ccc6c(c5)OCO6)cc4)c4ccc5c(c4)C(c4ccccc4)(c4ccccc4)c4ccccc4-5)ccc32)cc1. The summed E-state index contributed by atoms with van der Waals surface area (Å²) in [7, 11) is 0. The van der Waals surface area contributed by atoms with Crippen molar-refractivity contribution in [3.63, 3.8) is 0 Å². The van der Waals surface area contributed by atoms with E-state index >= 15 is 0 Å². The smallest absolute Gasteiger partial charge is 0.231 e. The highest BCUT2D eigenvalue weighted by atomic mass is 16.7. The molecule has 0 bridgehead atoms. The van der Waals surface area contributed by atoms with Gasteiger partial charge >= 0.3 is 0 Å². The fourth-order valence-corrected chi connectivity index (χ4v) is 11.5. The molecule has 10 aromatic rings. The Bertz CT molecular complexity index is 3360. The van der Waals surface area contributed by atoms with Crippen LogP contribution in [0, 0.1) is 0 Å². The molecule has 312 valence electrons. The molecule has 10 aromatic carbocycles. The summed E-state index contributed by atoms with van der Waals surface area (Å²) in [6.07, 6.45) is 0. The van der Waals surface area contributed by atoms with E-state index in [1.54, 1.807) is 0 Å². The number of ether oxygens (including phenoxy) is 2. The van der Waals surface area contributed by atoms with E-state index in [1.807, 2.05) is 6.07 Å². The number of fused-ring (bicyclic) bond motifs is 7. The van der Waals surface area contributed by atoms with Crippen LogP contribution in [-0.4, -0.2) is 6.79 Å². The zero-order valence-electron chi connectivity index (χ0n) is 36.1. The standard InChI is InChI=1S/C63H43NO2/c1-5-17-45(18-6-1)62(46-19-7-2-8-20-46)57-28-16-14-26-53(57)55-40-50(35-37-58(55)62)64(49-32-29-43(30-33-49)44-31-38-60-61(39-44)66-42-65-60)51-34-36-54-52-25-13-15-27-56(52)63(59(54)41-51,47-21-9-3-10-22-47)48-23-11-4-12-24-48/h1-41H,42H2. The molecule has 0 spiro atoms. The summed E-state index contributed by atoms with van der Waals surface area (Å²) in [5.74, 6) is 1.56. The predicted molar refractivity (Wildman–Crippen MR) is 267 cm³/mol. The normalized spacial score (nSPS) is 14.2. The van der Waals surface area contributed by atoms with Gasteiger partial charge < -0.3 is 14.4 Å². The van der Waals surface area contributed by atoms with Crippen LogP contribution in [0.2, 0.25) is 0 Å². The number of hydrogen-bond donors (Lipinski definition) is 0. The Morgan fingerprint density at radius 1 is 0.288 bits per heavy atom. The molecule has 66 heavy (non-hydrogen) atoms. The van der Waals surface area contributed by atoms with E-state index in [4.69, 9.17) is 9.47 Å². The van der Waals surface area contributed by atoms with Gasteiger partial charge in [0.2, 0.25) is 6.79 Å². The molecule has 0 amide bonds. The van der Waals surface area contributed by atoms with Crippen molar-refractivity contribution in [1.29, 1.82) is 0 Å². The molecule has 0 saturated carbocycles. The Balaban J connectivity index is 1.05. The lowest BCUT2D eigenvalue weighted by Gasteiger charge is -2.35. The Hall–Kier alpha value is -8.40. The Kier molecular flexibility index (Phi) is 8.72. The van der Waals surface area contributed by atoms with E-state index < -0.39 is 10.8 Å². The molecule has 0 atom stereocenters. The van der Waals surface area contributed by atoms with Gasteiger partial charge in [0.05, 0.1) is 10.8 Å². The highest BCUT2D eigenvalue weighted by Crippen LogP contribution is 2.59.